The molecule has 0 heterocycles. The maximum atomic E-state index is 11.4. The fourth-order valence-corrected chi connectivity index (χ4v) is 1.80. The molecule has 0 bridgehead atoms. The molecule has 1 rings (SSSR count). The zero-order valence-corrected chi connectivity index (χ0v) is 10.7. The van der Waals surface area contributed by atoms with Crippen LogP contribution in [0, 0.1) is 0 Å². The van der Waals surface area contributed by atoms with Gasteiger partial charge in [-0.3, -0.25) is 0 Å². The zero-order chi connectivity index (χ0) is 12.2. The minimum absolute atomic E-state index is 0.324. The van der Waals surface area contributed by atoms with Crippen LogP contribution in [0.1, 0.15) is 18.1 Å². The van der Waals surface area contributed by atoms with Crippen LogP contribution in [-0.4, -0.2) is 26.8 Å². The Morgan fingerprint density at radius 1 is 1.12 bits per heavy atom. The highest BCUT2D eigenvalue weighted by Gasteiger charge is 2.11. The Kier molecular flexibility index (Phi) is 4.46. The predicted octanol–water partition coefficient (Wildman–Crippen LogP) is 1.14. The van der Waals surface area contributed by atoms with Crippen LogP contribution in [0.25, 0.3) is 0 Å². The third kappa shape index (κ3) is 3.59. The molecule has 0 radical (unpaired) electrons. The second-order valence-electron chi connectivity index (χ2n) is 3.78. The molecule has 0 aliphatic rings. The topological polar surface area (TPSA) is 49.4 Å². The van der Waals surface area contributed by atoms with Gasteiger partial charge in [0.05, 0.1) is 0 Å². The SMILES string of the molecule is CCc1ccc(CNS(=O)(=O)N(C)C)cc1. The highest BCUT2D eigenvalue weighted by molar-refractivity contribution is 7.87. The van der Waals surface area contributed by atoms with E-state index in [0.717, 1.165) is 16.3 Å². The molecular formula is C11H18N2O2S. The van der Waals surface area contributed by atoms with E-state index in [0.29, 0.717) is 6.54 Å². The quantitative estimate of drug-likeness (QED) is 0.842. The van der Waals surface area contributed by atoms with Gasteiger partial charge in [-0.05, 0) is 17.5 Å². The first kappa shape index (κ1) is 13.2. The molecule has 0 spiro atoms. The Bertz CT molecular complexity index is 424. The monoisotopic (exact) mass is 242 g/mol. The van der Waals surface area contributed by atoms with E-state index in [-0.39, 0.29) is 0 Å². The molecule has 0 aliphatic carbocycles. The lowest BCUT2D eigenvalue weighted by Crippen LogP contribution is -2.35. The molecule has 0 aromatic heterocycles. The van der Waals surface area contributed by atoms with Crippen LogP contribution in [0.4, 0.5) is 0 Å². The van der Waals surface area contributed by atoms with E-state index in [1.165, 1.54) is 19.7 Å². The van der Waals surface area contributed by atoms with Crippen LogP contribution >= 0.6 is 0 Å². The minimum Gasteiger partial charge on any atom is -0.198 e. The summed E-state index contributed by atoms with van der Waals surface area (Å²) in [6.45, 7) is 2.41. The standard InChI is InChI=1S/C11H18N2O2S/c1-4-10-5-7-11(8-6-10)9-12-16(14,15)13(2)3/h5-8,12H,4,9H2,1-3H3. The van der Waals surface area contributed by atoms with E-state index in [1.54, 1.807) is 0 Å². The molecule has 1 aromatic rings. The van der Waals surface area contributed by atoms with Gasteiger partial charge >= 0.3 is 0 Å². The Hall–Kier alpha value is -0.910. The molecule has 0 unspecified atom stereocenters. The van der Waals surface area contributed by atoms with Crippen molar-refractivity contribution in [2.75, 3.05) is 14.1 Å². The average molecular weight is 242 g/mol. The molecule has 0 saturated carbocycles. The lowest BCUT2D eigenvalue weighted by molar-refractivity contribution is 0.505. The van der Waals surface area contributed by atoms with Gasteiger partial charge in [0.15, 0.2) is 0 Å². The van der Waals surface area contributed by atoms with Gasteiger partial charge in [-0.1, -0.05) is 31.2 Å². The summed E-state index contributed by atoms with van der Waals surface area (Å²) in [6.07, 6.45) is 0.990. The molecular weight excluding hydrogens is 224 g/mol. The fraction of sp³-hybridized carbons (Fsp3) is 0.455. The van der Waals surface area contributed by atoms with Gasteiger partial charge in [-0.2, -0.15) is 17.4 Å². The molecule has 0 fully saturated rings. The van der Waals surface area contributed by atoms with E-state index >= 15 is 0 Å². The molecule has 1 N–H and O–H groups in total. The van der Waals surface area contributed by atoms with E-state index in [1.807, 2.05) is 24.3 Å². The van der Waals surface area contributed by atoms with E-state index in [2.05, 4.69) is 11.6 Å². The van der Waals surface area contributed by atoms with Gasteiger partial charge in [0, 0.05) is 20.6 Å². The van der Waals surface area contributed by atoms with Crippen molar-refractivity contribution in [2.45, 2.75) is 19.9 Å². The van der Waals surface area contributed by atoms with Gasteiger partial charge < -0.3 is 0 Å². The molecule has 5 heteroatoms. The maximum absolute atomic E-state index is 11.4. The number of hydrogen-bond acceptors (Lipinski definition) is 2. The van der Waals surface area contributed by atoms with Gasteiger partial charge in [0.2, 0.25) is 0 Å². The summed E-state index contributed by atoms with van der Waals surface area (Å²) >= 11 is 0. The number of rotatable bonds is 5. The molecule has 0 saturated heterocycles. The van der Waals surface area contributed by atoms with E-state index in [4.69, 9.17) is 0 Å². The largest absolute Gasteiger partial charge is 0.279 e. The Balaban J connectivity index is 2.62. The third-order valence-electron chi connectivity index (χ3n) is 2.37. The average Bonchev–Trinajstić information content (AvgIpc) is 2.27. The highest BCUT2D eigenvalue weighted by Crippen LogP contribution is 2.05. The van der Waals surface area contributed by atoms with Gasteiger partial charge in [-0.15, -0.1) is 0 Å². The van der Waals surface area contributed by atoms with Crippen LogP contribution in [0.2, 0.25) is 0 Å². The molecule has 90 valence electrons. The van der Waals surface area contributed by atoms with E-state index in [9.17, 15) is 8.42 Å². The molecule has 0 amide bonds. The third-order valence-corrected chi connectivity index (χ3v) is 3.84. The zero-order valence-electron chi connectivity index (χ0n) is 9.90. The van der Waals surface area contributed by atoms with Crippen LogP contribution < -0.4 is 4.72 Å². The summed E-state index contributed by atoms with van der Waals surface area (Å²) < 4.78 is 26.6. The van der Waals surface area contributed by atoms with Crippen molar-refractivity contribution in [3.05, 3.63) is 35.4 Å². The predicted molar refractivity (Wildman–Crippen MR) is 65.3 cm³/mol. The smallest absolute Gasteiger partial charge is 0.198 e. The number of benzene rings is 1. The number of nitrogens with zero attached hydrogens (tertiary/aromatic N) is 1. The highest BCUT2D eigenvalue weighted by atomic mass is 32.2. The van der Waals surface area contributed by atoms with Crippen LogP contribution in [0.5, 0.6) is 0 Å². The fourth-order valence-electron chi connectivity index (χ4n) is 1.20. The van der Waals surface area contributed by atoms with Crippen LogP contribution in [0.3, 0.4) is 0 Å². The second-order valence-corrected chi connectivity index (χ2v) is 5.75. The normalized spacial score (nSPS) is 12.0. The number of nitrogens with one attached hydrogen (secondary N) is 1. The number of hydrogen-bond donors (Lipinski definition) is 1. The van der Waals surface area contributed by atoms with E-state index < -0.39 is 10.2 Å². The summed E-state index contributed by atoms with van der Waals surface area (Å²) in [7, 11) is -0.324. The van der Waals surface area contributed by atoms with Crippen molar-refractivity contribution < 1.29 is 8.42 Å². The lowest BCUT2D eigenvalue weighted by Gasteiger charge is -2.12. The summed E-state index contributed by atoms with van der Waals surface area (Å²) in [5.41, 5.74) is 2.21. The second kappa shape index (κ2) is 5.43. The van der Waals surface area contributed by atoms with Crippen molar-refractivity contribution in [2.24, 2.45) is 0 Å². The maximum Gasteiger partial charge on any atom is 0.279 e. The van der Waals surface area contributed by atoms with Crippen molar-refractivity contribution in [3.63, 3.8) is 0 Å². The Morgan fingerprint density at radius 3 is 2.06 bits per heavy atom. The van der Waals surface area contributed by atoms with Crippen LogP contribution in [0.15, 0.2) is 24.3 Å². The van der Waals surface area contributed by atoms with Crippen LogP contribution in [-0.2, 0) is 23.2 Å². The summed E-state index contributed by atoms with van der Waals surface area (Å²) in [5, 5.41) is 0. The van der Waals surface area contributed by atoms with Crippen molar-refractivity contribution in [1.82, 2.24) is 9.03 Å². The van der Waals surface area contributed by atoms with Gasteiger partial charge in [0.25, 0.3) is 10.2 Å². The minimum atomic E-state index is -3.33. The summed E-state index contributed by atoms with van der Waals surface area (Å²) in [6, 6.07) is 7.91. The summed E-state index contributed by atoms with van der Waals surface area (Å²) in [5.74, 6) is 0. The molecule has 0 aliphatic heterocycles. The molecule has 16 heavy (non-hydrogen) atoms. The van der Waals surface area contributed by atoms with Crippen molar-refractivity contribution in [1.29, 1.82) is 0 Å². The first-order valence-electron chi connectivity index (χ1n) is 5.20. The van der Waals surface area contributed by atoms with Gasteiger partial charge in [-0.25, -0.2) is 0 Å². The molecule has 1 aromatic carbocycles. The lowest BCUT2D eigenvalue weighted by atomic mass is 10.1. The Labute approximate surface area is 97.5 Å². The van der Waals surface area contributed by atoms with Crippen molar-refractivity contribution >= 4 is 10.2 Å². The number of aryl methyl sites for hydroxylation is 1. The van der Waals surface area contributed by atoms with Gasteiger partial charge in [0.1, 0.15) is 0 Å². The molecule has 0 atom stereocenters. The Morgan fingerprint density at radius 2 is 1.62 bits per heavy atom. The molecule has 4 nitrogen and oxygen atoms in total. The first-order valence-corrected chi connectivity index (χ1v) is 6.64. The summed E-state index contributed by atoms with van der Waals surface area (Å²) in [4.78, 5) is 0. The first-order chi connectivity index (χ1) is 7.45. The van der Waals surface area contributed by atoms with Crippen molar-refractivity contribution in [3.8, 4) is 0 Å².